The van der Waals surface area contributed by atoms with Gasteiger partial charge in [-0.1, -0.05) is 30.3 Å². The fraction of sp³-hybridized carbons (Fsp3) is 0.143. The van der Waals surface area contributed by atoms with Crippen LogP contribution in [0.2, 0.25) is 0 Å². The Bertz CT molecular complexity index is 1130. The van der Waals surface area contributed by atoms with Crippen LogP contribution in [0.4, 0.5) is 11.5 Å². The fourth-order valence-corrected chi connectivity index (χ4v) is 4.36. The summed E-state index contributed by atoms with van der Waals surface area (Å²) in [6, 6.07) is 16.2. The lowest BCUT2D eigenvalue weighted by atomic mass is 10.0. The van der Waals surface area contributed by atoms with E-state index in [1.807, 2.05) is 24.3 Å². The smallest absolute Gasteiger partial charge is 0.163 e. The molecule has 1 N–H and O–H groups in total. The van der Waals surface area contributed by atoms with Crippen LogP contribution in [0.15, 0.2) is 54.9 Å². The molecule has 0 saturated heterocycles. The molecule has 5 nitrogen and oxygen atoms in total. The molecule has 142 valence electrons. The maximum atomic E-state index is 5.69. The normalized spacial score (nSPS) is 12.5. The largest absolute Gasteiger partial charge is 0.486 e. The summed E-state index contributed by atoms with van der Waals surface area (Å²) >= 11 is 1.69. The van der Waals surface area contributed by atoms with Crippen molar-refractivity contribution < 1.29 is 9.47 Å². The highest BCUT2D eigenvalue weighted by Gasteiger charge is 2.18. The molecule has 4 aromatic rings. The van der Waals surface area contributed by atoms with Gasteiger partial charge >= 0.3 is 0 Å². The van der Waals surface area contributed by atoms with Gasteiger partial charge in [-0.3, -0.25) is 0 Å². The number of nitrogens with zero attached hydrogens (tertiary/aromatic N) is 2. The Hall–Kier alpha value is -2.83. The van der Waals surface area contributed by atoms with Crippen LogP contribution >= 0.6 is 23.7 Å². The standard InChI is InChI=1S/C21H17N3O2S.ClH/c1-13-18(14-5-3-2-4-6-14)19-20(22-12-23-21(19)27-13)24-15-7-8-16-17(11-15)26-10-9-25-16;/h2-8,11-12H,9-10H2,1H3,(H,22,23,24);1H. The van der Waals surface area contributed by atoms with Crippen LogP contribution in [0, 0.1) is 6.92 Å². The van der Waals surface area contributed by atoms with Gasteiger partial charge in [-0.05, 0) is 24.6 Å². The average Bonchev–Trinajstić information content (AvgIpc) is 3.05. The van der Waals surface area contributed by atoms with Crippen molar-refractivity contribution in [1.82, 2.24) is 9.97 Å². The third kappa shape index (κ3) is 3.25. The predicted molar refractivity (Wildman–Crippen MR) is 116 cm³/mol. The van der Waals surface area contributed by atoms with Crippen molar-refractivity contribution in [3.8, 4) is 22.6 Å². The summed E-state index contributed by atoms with van der Waals surface area (Å²) in [4.78, 5) is 11.2. The van der Waals surface area contributed by atoms with E-state index in [-0.39, 0.29) is 12.4 Å². The van der Waals surface area contributed by atoms with E-state index >= 15 is 0 Å². The minimum Gasteiger partial charge on any atom is -0.486 e. The van der Waals surface area contributed by atoms with Crippen LogP contribution in [-0.4, -0.2) is 23.2 Å². The lowest BCUT2D eigenvalue weighted by molar-refractivity contribution is 0.171. The van der Waals surface area contributed by atoms with Crippen molar-refractivity contribution in [2.24, 2.45) is 0 Å². The molecule has 2 aromatic carbocycles. The van der Waals surface area contributed by atoms with E-state index in [4.69, 9.17) is 9.47 Å². The molecule has 0 aliphatic carbocycles. The summed E-state index contributed by atoms with van der Waals surface area (Å²) in [5, 5.41) is 4.48. The van der Waals surface area contributed by atoms with Gasteiger partial charge in [0, 0.05) is 22.2 Å². The molecule has 28 heavy (non-hydrogen) atoms. The second-order valence-corrected chi connectivity index (χ2v) is 7.49. The number of thiophene rings is 1. The molecule has 1 aliphatic heterocycles. The minimum atomic E-state index is 0. The number of benzene rings is 2. The molecular weight excluding hydrogens is 394 g/mol. The van der Waals surface area contributed by atoms with Crippen molar-refractivity contribution in [3.05, 3.63) is 59.7 Å². The molecule has 0 saturated carbocycles. The Labute approximate surface area is 172 Å². The average molecular weight is 412 g/mol. The first-order chi connectivity index (χ1) is 13.3. The molecule has 1 aliphatic rings. The molecule has 0 bridgehead atoms. The first-order valence-corrected chi connectivity index (χ1v) is 9.57. The van der Waals surface area contributed by atoms with Gasteiger partial charge in [0.2, 0.25) is 0 Å². The summed E-state index contributed by atoms with van der Waals surface area (Å²) in [5.74, 6) is 2.32. The maximum Gasteiger partial charge on any atom is 0.163 e. The molecule has 0 unspecified atom stereocenters. The van der Waals surface area contributed by atoms with Gasteiger partial charge in [0.05, 0.1) is 5.39 Å². The highest BCUT2D eigenvalue weighted by Crippen LogP contribution is 2.41. The number of ether oxygens (including phenoxy) is 2. The van der Waals surface area contributed by atoms with Gasteiger partial charge in [0.25, 0.3) is 0 Å². The van der Waals surface area contributed by atoms with Gasteiger partial charge < -0.3 is 14.8 Å². The second-order valence-electron chi connectivity index (χ2n) is 6.29. The first kappa shape index (κ1) is 18.5. The molecule has 3 heterocycles. The van der Waals surface area contributed by atoms with E-state index < -0.39 is 0 Å². The van der Waals surface area contributed by atoms with E-state index in [1.165, 1.54) is 16.0 Å². The number of hydrogen-bond donors (Lipinski definition) is 1. The van der Waals surface area contributed by atoms with Crippen molar-refractivity contribution >= 4 is 45.5 Å². The third-order valence-electron chi connectivity index (χ3n) is 4.53. The van der Waals surface area contributed by atoms with Crippen LogP contribution < -0.4 is 14.8 Å². The van der Waals surface area contributed by atoms with Gasteiger partial charge in [-0.2, -0.15) is 0 Å². The zero-order valence-corrected chi connectivity index (χ0v) is 16.8. The van der Waals surface area contributed by atoms with Gasteiger partial charge in [0.15, 0.2) is 11.5 Å². The quantitative estimate of drug-likeness (QED) is 0.475. The highest BCUT2D eigenvalue weighted by atomic mass is 35.5. The third-order valence-corrected chi connectivity index (χ3v) is 5.54. The number of fused-ring (bicyclic) bond motifs is 2. The molecule has 0 atom stereocenters. The zero-order valence-electron chi connectivity index (χ0n) is 15.1. The van der Waals surface area contributed by atoms with E-state index in [0.717, 1.165) is 33.2 Å². The SMILES string of the molecule is Cc1sc2ncnc(Nc3ccc4c(c3)OCCO4)c2c1-c1ccccc1.Cl. The Balaban J connectivity index is 0.00000192. The van der Waals surface area contributed by atoms with Crippen LogP contribution in [0.5, 0.6) is 11.5 Å². The monoisotopic (exact) mass is 411 g/mol. The maximum absolute atomic E-state index is 5.69. The van der Waals surface area contributed by atoms with Crippen molar-refractivity contribution in [1.29, 1.82) is 0 Å². The van der Waals surface area contributed by atoms with Crippen LogP contribution in [0.25, 0.3) is 21.3 Å². The molecule has 5 rings (SSSR count). The summed E-state index contributed by atoms with van der Waals surface area (Å²) in [6.45, 7) is 3.28. The second kappa shape index (κ2) is 7.66. The van der Waals surface area contributed by atoms with Gasteiger partial charge in [0.1, 0.15) is 30.2 Å². The number of hydrogen-bond acceptors (Lipinski definition) is 6. The van der Waals surface area contributed by atoms with Crippen molar-refractivity contribution in [2.45, 2.75) is 6.92 Å². The molecule has 0 radical (unpaired) electrons. The summed E-state index contributed by atoms with van der Waals surface area (Å²) in [7, 11) is 0. The predicted octanol–water partition coefficient (Wildman–Crippen LogP) is 5.60. The fourth-order valence-electron chi connectivity index (χ4n) is 3.35. The zero-order chi connectivity index (χ0) is 18.2. The highest BCUT2D eigenvalue weighted by molar-refractivity contribution is 7.19. The van der Waals surface area contributed by atoms with Crippen LogP contribution in [-0.2, 0) is 0 Å². The Morgan fingerprint density at radius 3 is 2.57 bits per heavy atom. The van der Waals surface area contributed by atoms with E-state index in [0.29, 0.717) is 13.2 Å². The Kier molecular flexibility index (Phi) is 5.07. The molecule has 0 amide bonds. The molecule has 0 fully saturated rings. The van der Waals surface area contributed by atoms with E-state index in [2.05, 4.69) is 46.5 Å². The van der Waals surface area contributed by atoms with Gasteiger partial charge in [-0.15, -0.1) is 23.7 Å². The van der Waals surface area contributed by atoms with Crippen molar-refractivity contribution in [3.63, 3.8) is 0 Å². The van der Waals surface area contributed by atoms with E-state index in [9.17, 15) is 0 Å². The van der Waals surface area contributed by atoms with Crippen LogP contribution in [0.1, 0.15) is 4.88 Å². The topological polar surface area (TPSA) is 56.3 Å². The first-order valence-electron chi connectivity index (χ1n) is 8.76. The Morgan fingerprint density at radius 2 is 1.75 bits per heavy atom. The summed E-state index contributed by atoms with van der Waals surface area (Å²) in [5.41, 5.74) is 3.25. The van der Waals surface area contributed by atoms with Gasteiger partial charge in [-0.25, -0.2) is 9.97 Å². The number of anilines is 2. The number of rotatable bonds is 3. The number of nitrogens with one attached hydrogen (secondary N) is 1. The lowest BCUT2D eigenvalue weighted by Gasteiger charge is -2.19. The lowest BCUT2D eigenvalue weighted by Crippen LogP contribution is -2.15. The van der Waals surface area contributed by atoms with Crippen LogP contribution in [0.3, 0.4) is 0 Å². The molecule has 7 heteroatoms. The summed E-state index contributed by atoms with van der Waals surface area (Å²) in [6.07, 6.45) is 1.60. The number of halogens is 1. The van der Waals surface area contributed by atoms with Crippen molar-refractivity contribution in [2.75, 3.05) is 18.5 Å². The molecular formula is C21H18ClN3O2S. The minimum absolute atomic E-state index is 0. The summed E-state index contributed by atoms with van der Waals surface area (Å²) < 4.78 is 11.3. The van der Waals surface area contributed by atoms with E-state index in [1.54, 1.807) is 17.7 Å². The number of aromatic nitrogens is 2. The Morgan fingerprint density at radius 1 is 0.964 bits per heavy atom. The molecule has 2 aromatic heterocycles. The molecule has 0 spiro atoms. The number of aryl methyl sites for hydroxylation is 1.